The summed E-state index contributed by atoms with van der Waals surface area (Å²) in [5.41, 5.74) is -0.712. The first kappa shape index (κ1) is 22.9. The van der Waals surface area contributed by atoms with E-state index in [1.54, 1.807) is 31.2 Å². The smallest absolute Gasteiger partial charge is 0.400 e. The highest BCUT2D eigenvalue weighted by Crippen LogP contribution is 2.49. The lowest BCUT2D eigenvalue weighted by molar-refractivity contribution is -0.183. The molecule has 30 heavy (non-hydrogen) atoms. The fourth-order valence-electron chi connectivity index (χ4n) is 3.46. The van der Waals surface area contributed by atoms with Gasteiger partial charge in [0.05, 0.1) is 21.6 Å². The zero-order chi connectivity index (χ0) is 22.3. The van der Waals surface area contributed by atoms with Crippen molar-refractivity contribution in [3.8, 4) is 0 Å². The summed E-state index contributed by atoms with van der Waals surface area (Å²) in [6.07, 6.45) is -5.40. The average Bonchev–Trinajstić information content (AvgIpc) is 3.12. The van der Waals surface area contributed by atoms with E-state index in [1.807, 2.05) is 0 Å². The van der Waals surface area contributed by atoms with Gasteiger partial charge in [-0.1, -0.05) is 59.1 Å². The highest BCUT2D eigenvalue weighted by molar-refractivity contribution is 6.48. The van der Waals surface area contributed by atoms with Gasteiger partial charge in [-0.15, -0.1) is 0 Å². The van der Waals surface area contributed by atoms with Gasteiger partial charge in [-0.2, -0.15) is 13.2 Å². The molecule has 1 aliphatic rings. The summed E-state index contributed by atoms with van der Waals surface area (Å²) in [5.74, 6) is -0.415. The molecule has 9 heteroatoms. The number of benzene rings is 2. The maximum Gasteiger partial charge on any atom is 0.400 e. The Morgan fingerprint density at radius 1 is 1.13 bits per heavy atom. The molecule has 160 valence electrons. The number of alkyl halides is 3. The summed E-state index contributed by atoms with van der Waals surface area (Å²) in [5, 5.41) is -0.0730. The Bertz CT molecular complexity index is 983. The number of halogens is 6. The molecule has 3 nitrogen and oxygen atoms in total. The summed E-state index contributed by atoms with van der Waals surface area (Å²) < 4.78 is 47.7. The second-order valence-electron chi connectivity index (χ2n) is 7.15. The summed E-state index contributed by atoms with van der Waals surface area (Å²) in [6.45, 7) is 2.54. The van der Waals surface area contributed by atoms with E-state index in [9.17, 15) is 18.0 Å². The largest absolute Gasteiger partial charge is 0.458 e. The third-order valence-corrected chi connectivity index (χ3v) is 6.34. The van der Waals surface area contributed by atoms with Crippen LogP contribution in [0.25, 0.3) is 0 Å². The van der Waals surface area contributed by atoms with Crippen LogP contribution in [0.4, 0.5) is 13.2 Å². The average molecular weight is 479 g/mol. The van der Waals surface area contributed by atoms with Crippen molar-refractivity contribution in [3.63, 3.8) is 0 Å². The number of rotatable bonds is 4. The fraction of sp³-hybridized carbons (Fsp3) is 0.333. The third kappa shape index (κ3) is 4.32. The lowest BCUT2D eigenvalue weighted by atomic mass is 9.76. The molecule has 3 rings (SSSR count). The second kappa shape index (κ2) is 8.40. The third-order valence-electron chi connectivity index (χ3n) is 5.14. The Kier molecular flexibility index (Phi) is 6.42. The van der Waals surface area contributed by atoms with E-state index >= 15 is 0 Å². The molecule has 0 aromatic heterocycles. The van der Waals surface area contributed by atoms with Gasteiger partial charge in [-0.05, 0) is 35.7 Å². The molecule has 0 spiro atoms. The van der Waals surface area contributed by atoms with Gasteiger partial charge in [0.25, 0.3) is 0 Å². The van der Waals surface area contributed by atoms with E-state index in [0.717, 1.165) is 5.56 Å². The summed E-state index contributed by atoms with van der Waals surface area (Å²) in [6, 6.07) is 9.15. The molecule has 0 saturated heterocycles. The van der Waals surface area contributed by atoms with Crippen molar-refractivity contribution in [2.45, 2.75) is 38.0 Å². The molecule has 0 bridgehead atoms. The number of esters is 1. The number of carbonyl (C=O) groups excluding carboxylic acids is 1. The monoisotopic (exact) mass is 477 g/mol. The molecule has 1 aliphatic heterocycles. The minimum absolute atomic E-state index is 0.0102. The zero-order valence-electron chi connectivity index (χ0n) is 16.0. The van der Waals surface area contributed by atoms with Crippen LogP contribution in [0.15, 0.2) is 41.4 Å². The van der Waals surface area contributed by atoms with Crippen LogP contribution in [-0.2, 0) is 14.9 Å². The van der Waals surface area contributed by atoms with Crippen molar-refractivity contribution >= 4 is 46.5 Å². The van der Waals surface area contributed by atoms with E-state index < -0.39 is 30.2 Å². The first-order valence-corrected chi connectivity index (χ1v) is 10.1. The predicted octanol–water partition coefficient (Wildman–Crippen LogP) is 6.96. The van der Waals surface area contributed by atoms with E-state index in [2.05, 4.69) is 4.99 Å². The Balaban J connectivity index is 1.92. The van der Waals surface area contributed by atoms with Gasteiger partial charge in [0.1, 0.15) is 11.5 Å². The van der Waals surface area contributed by atoms with Crippen LogP contribution in [-0.4, -0.2) is 24.4 Å². The van der Waals surface area contributed by atoms with E-state index in [-0.39, 0.29) is 27.1 Å². The zero-order valence-corrected chi connectivity index (χ0v) is 18.3. The first-order chi connectivity index (χ1) is 13.9. The van der Waals surface area contributed by atoms with Gasteiger partial charge < -0.3 is 4.74 Å². The Labute approximate surface area is 186 Å². The predicted molar refractivity (Wildman–Crippen MR) is 112 cm³/mol. The van der Waals surface area contributed by atoms with Crippen molar-refractivity contribution in [1.29, 1.82) is 0 Å². The molecule has 0 saturated carbocycles. The van der Waals surface area contributed by atoms with E-state index in [0.29, 0.717) is 11.3 Å². The highest BCUT2D eigenvalue weighted by atomic mass is 35.5. The molecule has 0 N–H and O–H groups in total. The minimum Gasteiger partial charge on any atom is -0.458 e. The standard InChI is InChI=1S/C21H17Cl3F3NO2/c1-11(30-12(2)29)13-3-5-14(6-4-13)18-9-20(10-28-18,21(25,26)27)15-7-16(22)19(24)17(23)8-15/h3-8,11H,9-10H2,1-2H3. The van der Waals surface area contributed by atoms with Gasteiger partial charge in [-0.3, -0.25) is 9.79 Å². The van der Waals surface area contributed by atoms with Gasteiger partial charge in [0, 0.05) is 19.1 Å². The SMILES string of the molecule is CC(=O)OC(C)c1ccc(C2=NCC(c3cc(Cl)c(Cl)c(Cl)c3)(C(F)(F)F)C2)cc1. The highest BCUT2D eigenvalue weighted by Gasteiger charge is 2.58. The van der Waals surface area contributed by atoms with Crippen LogP contribution in [0.3, 0.4) is 0 Å². The molecule has 0 fully saturated rings. The summed E-state index contributed by atoms with van der Waals surface area (Å²) >= 11 is 17.9. The molecule has 2 aromatic rings. The lowest BCUT2D eigenvalue weighted by Crippen LogP contribution is -2.43. The second-order valence-corrected chi connectivity index (χ2v) is 8.34. The van der Waals surface area contributed by atoms with E-state index in [4.69, 9.17) is 39.5 Å². The molecule has 2 aromatic carbocycles. The molecule has 0 radical (unpaired) electrons. The Morgan fingerprint density at radius 2 is 1.70 bits per heavy atom. The number of hydrogen-bond donors (Lipinski definition) is 0. The summed E-state index contributed by atoms with van der Waals surface area (Å²) in [4.78, 5) is 15.3. The van der Waals surface area contributed by atoms with Crippen LogP contribution in [0.2, 0.25) is 15.1 Å². The number of aliphatic imine (C=N–C) groups is 1. The van der Waals surface area contributed by atoms with Crippen molar-refractivity contribution in [2.75, 3.05) is 6.54 Å². The molecular formula is C21H17Cl3F3NO2. The van der Waals surface area contributed by atoms with E-state index in [1.165, 1.54) is 19.1 Å². The number of carbonyl (C=O) groups is 1. The maximum atomic E-state index is 14.2. The topological polar surface area (TPSA) is 38.7 Å². The van der Waals surface area contributed by atoms with Crippen molar-refractivity contribution in [1.82, 2.24) is 0 Å². The normalized spacial score (nSPS) is 20.1. The Morgan fingerprint density at radius 3 is 2.20 bits per heavy atom. The minimum atomic E-state index is -4.58. The van der Waals surface area contributed by atoms with Crippen LogP contribution >= 0.6 is 34.8 Å². The quantitative estimate of drug-likeness (QED) is 0.352. The molecular weight excluding hydrogens is 462 g/mol. The first-order valence-electron chi connectivity index (χ1n) is 8.97. The number of ether oxygens (including phenoxy) is 1. The molecule has 2 atom stereocenters. The number of nitrogens with zero attached hydrogens (tertiary/aromatic N) is 1. The van der Waals surface area contributed by atoms with Crippen molar-refractivity contribution in [2.24, 2.45) is 4.99 Å². The van der Waals surface area contributed by atoms with Gasteiger partial charge in [0.15, 0.2) is 0 Å². The molecule has 0 aliphatic carbocycles. The van der Waals surface area contributed by atoms with Crippen LogP contribution in [0, 0.1) is 0 Å². The van der Waals surface area contributed by atoms with Gasteiger partial charge in [0.2, 0.25) is 0 Å². The van der Waals surface area contributed by atoms with Crippen molar-refractivity contribution in [3.05, 3.63) is 68.2 Å². The molecule has 2 unspecified atom stereocenters. The number of hydrogen-bond acceptors (Lipinski definition) is 3. The van der Waals surface area contributed by atoms with Crippen LogP contribution in [0.1, 0.15) is 43.1 Å². The maximum absolute atomic E-state index is 14.2. The van der Waals surface area contributed by atoms with Crippen molar-refractivity contribution < 1.29 is 22.7 Å². The lowest BCUT2D eigenvalue weighted by Gasteiger charge is -2.32. The van der Waals surface area contributed by atoms with Crippen LogP contribution < -0.4 is 0 Å². The molecule has 0 amide bonds. The molecule has 1 heterocycles. The summed E-state index contributed by atoms with van der Waals surface area (Å²) in [7, 11) is 0. The van der Waals surface area contributed by atoms with Gasteiger partial charge >= 0.3 is 12.1 Å². The van der Waals surface area contributed by atoms with Crippen LogP contribution in [0.5, 0.6) is 0 Å². The Hall–Kier alpha value is -1.76. The fourth-order valence-corrected chi connectivity index (χ4v) is 4.06. The van der Waals surface area contributed by atoms with Gasteiger partial charge in [-0.25, -0.2) is 0 Å².